The van der Waals surface area contributed by atoms with Crippen molar-refractivity contribution in [2.24, 2.45) is 0 Å². The Bertz CT molecular complexity index is 408. The van der Waals surface area contributed by atoms with Gasteiger partial charge in [-0.25, -0.2) is 8.78 Å². The molecule has 0 atom stereocenters. The van der Waals surface area contributed by atoms with Crippen LogP contribution in [0.25, 0.3) is 0 Å². The Labute approximate surface area is 98.8 Å². The van der Waals surface area contributed by atoms with Gasteiger partial charge in [-0.1, -0.05) is 6.07 Å². The van der Waals surface area contributed by atoms with Gasteiger partial charge in [-0.05, 0) is 18.6 Å². The van der Waals surface area contributed by atoms with Gasteiger partial charge in [0.2, 0.25) is 0 Å². The molecule has 0 heterocycles. The second-order valence-electron chi connectivity index (χ2n) is 3.65. The Hall–Kier alpha value is -1.33. The van der Waals surface area contributed by atoms with E-state index in [1.807, 2.05) is 0 Å². The molecule has 3 nitrogen and oxygen atoms in total. The Morgan fingerprint density at radius 2 is 2.12 bits per heavy atom. The quantitative estimate of drug-likeness (QED) is 0.610. The van der Waals surface area contributed by atoms with Crippen LogP contribution in [0.4, 0.5) is 8.78 Å². The van der Waals surface area contributed by atoms with Gasteiger partial charge in [0, 0.05) is 13.7 Å². The summed E-state index contributed by atoms with van der Waals surface area (Å²) in [4.78, 5) is 11.6. The summed E-state index contributed by atoms with van der Waals surface area (Å²) in [5.74, 6) is -2.21. The minimum atomic E-state index is -0.827. The van der Waals surface area contributed by atoms with Gasteiger partial charge >= 0.3 is 0 Å². The normalized spacial score (nSPS) is 10.6. The maximum absolute atomic E-state index is 13.6. The first-order valence-corrected chi connectivity index (χ1v) is 5.25. The van der Waals surface area contributed by atoms with E-state index in [1.54, 1.807) is 0 Å². The molecule has 17 heavy (non-hydrogen) atoms. The van der Waals surface area contributed by atoms with Crippen LogP contribution in [-0.4, -0.2) is 32.6 Å². The van der Waals surface area contributed by atoms with Crippen LogP contribution in [0.2, 0.25) is 0 Å². The van der Waals surface area contributed by atoms with E-state index in [-0.39, 0.29) is 12.1 Å². The van der Waals surface area contributed by atoms with Gasteiger partial charge in [-0.2, -0.15) is 0 Å². The molecule has 0 bridgehead atoms. The number of Topliss-reactive ketones (excluding diaryl/α,β-unsaturated/α-hetero) is 1. The second-order valence-corrected chi connectivity index (χ2v) is 3.65. The lowest BCUT2D eigenvalue weighted by atomic mass is 10.1. The molecule has 1 aromatic rings. The van der Waals surface area contributed by atoms with Gasteiger partial charge in [0.25, 0.3) is 0 Å². The summed E-state index contributed by atoms with van der Waals surface area (Å²) >= 11 is 0. The summed E-state index contributed by atoms with van der Waals surface area (Å²) in [5.41, 5.74) is -0.221. The molecule has 1 rings (SSSR count). The van der Waals surface area contributed by atoms with Crippen LogP contribution in [0.5, 0.6) is 0 Å². The van der Waals surface area contributed by atoms with E-state index in [4.69, 9.17) is 4.74 Å². The Morgan fingerprint density at radius 3 is 2.76 bits per heavy atom. The molecule has 0 saturated heterocycles. The smallest absolute Gasteiger partial charge is 0.182 e. The third kappa shape index (κ3) is 3.57. The molecule has 0 aromatic heterocycles. The molecule has 0 amide bonds. The van der Waals surface area contributed by atoms with Gasteiger partial charge in [-0.3, -0.25) is 4.79 Å². The van der Waals surface area contributed by atoms with Crippen LogP contribution in [0.15, 0.2) is 12.1 Å². The molecule has 0 aliphatic heterocycles. The molecule has 0 unspecified atom stereocenters. The van der Waals surface area contributed by atoms with E-state index in [0.29, 0.717) is 13.2 Å². The van der Waals surface area contributed by atoms with Crippen LogP contribution in [0.3, 0.4) is 0 Å². The fourth-order valence-electron chi connectivity index (χ4n) is 1.38. The Morgan fingerprint density at radius 1 is 1.41 bits per heavy atom. The molecule has 5 heteroatoms. The number of carbonyl (C=O) groups excluding carboxylic acids is 1. The predicted molar refractivity (Wildman–Crippen MR) is 60.2 cm³/mol. The molecule has 94 valence electrons. The van der Waals surface area contributed by atoms with E-state index in [9.17, 15) is 13.6 Å². The summed E-state index contributed by atoms with van der Waals surface area (Å²) in [6.45, 7) is 2.27. The topological polar surface area (TPSA) is 38.3 Å². The largest absolute Gasteiger partial charge is 0.383 e. The highest BCUT2D eigenvalue weighted by Crippen LogP contribution is 2.16. The first kappa shape index (κ1) is 13.7. The number of methoxy groups -OCH3 is 1. The summed E-state index contributed by atoms with van der Waals surface area (Å²) in [7, 11) is 1.53. The van der Waals surface area contributed by atoms with Crippen LogP contribution in [0, 0.1) is 18.6 Å². The number of rotatable bonds is 6. The van der Waals surface area contributed by atoms with Gasteiger partial charge in [-0.15, -0.1) is 0 Å². The zero-order valence-corrected chi connectivity index (χ0v) is 9.85. The van der Waals surface area contributed by atoms with Gasteiger partial charge in [0.1, 0.15) is 11.6 Å². The number of hydrogen-bond donors (Lipinski definition) is 1. The summed E-state index contributed by atoms with van der Waals surface area (Å²) in [6, 6.07) is 2.40. The van der Waals surface area contributed by atoms with E-state index in [0.717, 1.165) is 6.07 Å². The highest BCUT2D eigenvalue weighted by Gasteiger charge is 2.18. The highest BCUT2D eigenvalue weighted by atomic mass is 19.1. The number of aryl methyl sites for hydroxylation is 1. The van der Waals surface area contributed by atoms with Crippen molar-refractivity contribution >= 4 is 5.78 Å². The number of halogens is 2. The standard InChI is InChI=1S/C12H15F2NO2/c1-8-3-4-9(13)11(12(8)14)10(16)7-15-5-6-17-2/h3-4,15H,5-7H2,1-2H3. The lowest BCUT2D eigenvalue weighted by Crippen LogP contribution is -2.27. The molecule has 0 radical (unpaired) electrons. The van der Waals surface area contributed by atoms with Crippen LogP contribution >= 0.6 is 0 Å². The molecule has 0 aliphatic carbocycles. The van der Waals surface area contributed by atoms with Crippen LogP contribution < -0.4 is 5.32 Å². The number of carbonyl (C=O) groups is 1. The Kier molecular flexibility index (Phi) is 5.18. The summed E-state index contributed by atoms with van der Waals surface area (Å²) in [5, 5.41) is 2.75. The molecule has 1 N–H and O–H groups in total. The fraction of sp³-hybridized carbons (Fsp3) is 0.417. The molecule has 0 spiro atoms. The lowest BCUT2D eigenvalue weighted by Gasteiger charge is -2.07. The highest BCUT2D eigenvalue weighted by molar-refractivity contribution is 5.98. The first-order chi connectivity index (χ1) is 8.07. The monoisotopic (exact) mass is 243 g/mol. The van der Waals surface area contributed by atoms with Crippen molar-refractivity contribution in [2.45, 2.75) is 6.92 Å². The minimum absolute atomic E-state index is 0.110. The summed E-state index contributed by atoms with van der Waals surface area (Å²) in [6.07, 6.45) is 0. The van der Waals surface area contributed by atoms with E-state index in [2.05, 4.69) is 5.32 Å². The second kappa shape index (κ2) is 6.42. The van der Waals surface area contributed by atoms with Crippen molar-refractivity contribution < 1.29 is 18.3 Å². The number of ether oxygens (including phenoxy) is 1. The number of hydrogen-bond acceptors (Lipinski definition) is 3. The molecule has 0 aliphatic rings. The van der Waals surface area contributed by atoms with Crippen molar-refractivity contribution in [2.75, 3.05) is 26.8 Å². The average Bonchev–Trinajstić information content (AvgIpc) is 2.30. The van der Waals surface area contributed by atoms with Gasteiger partial charge in [0.05, 0.1) is 18.7 Å². The number of ketones is 1. The maximum Gasteiger partial charge on any atom is 0.182 e. The first-order valence-electron chi connectivity index (χ1n) is 5.25. The van der Waals surface area contributed by atoms with Gasteiger partial charge < -0.3 is 10.1 Å². The van der Waals surface area contributed by atoms with E-state index in [1.165, 1.54) is 20.1 Å². The molecule has 1 aromatic carbocycles. The van der Waals surface area contributed by atoms with Crippen LogP contribution in [0.1, 0.15) is 15.9 Å². The SMILES string of the molecule is COCCNCC(=O)c1c(F)ccc(C)c1F. The lowest BCUT2D eigenvalue weighted by molar-refractivity contribution is 0.0979. The Balaban J connectivity index is 2.72. The predicted octanol–water partition coefficient (Wildman–Crippen LogP) is 1.69. The number of benzene rings is 1. The van der Waals surface area contributed by atoms with Gasteiger partial charge in [0.15, 0.2) is 5.78 Å². The van der Waals surface area contributed by atoms with Crippen molar-refractivity contribution in [3.05, 3.63) is 34.9 Å². The van der Waals surface area contributed by atoms with Crippen molar-refractivity contribution in [3.8, 4) is 0 Å². The molecule has 0 saturated carbocycles. The van der Waals surface area contributed by atoms with Crippen LogP contribution in [-0.2, 0) is 4.74 Å². The van der Waals surface area contributed by atoms with E-state index < -0.39 is 23.0 Å². The average molecular weight is 243 g/mol. The maximum atomic E-state index is 13.6. The van der Waals surface area contributed by atoms with Crippen molar-refractivity contribution in [3.63, 3.8) is 0 Å². The minimum Gasteiger partial charge on any atom is -0.383 e. The van der Waals surface area contributed by atoms with Crippen molar-refractivity contribution in [1.29, 1.82) is 0 Å². The fourth-order valence-corrected chi connectivity index (χ4v) is 1.38. The third-order valence-corrected chi connectivity index (χ3v) is 2.33. The molecule has 0 fully saturated rings. The van der Waals surface area contributed by atoms with E-state index >= 15 is 0 Å². The van der Waals surface area contributed by atoms with Crippen molar-refractivity contribution in [1.82, 2.24) is 5.32 Å². The molecular formula is C12H15F2NO2. The zero-order valence-electron chi connectivity index (χ0n) is 9.85. The third-order valence-electron chi connectivity index (χ3n) is 2.33. The molecular weight excluding hydrogens is 228 g/mol. The number of nitrogens with one attached hydrogen (secondary N) is 1. The summed E-state index contributed by atoms with van der Waals surface area (Å²) < 4.78 is 31.7. The zero-order chi connectivity index (χ0) is 12.8.